The summed E-state index contributed by atoms with van der Waals surface area (Å²) in [5.74, 6) is 0. The SMILES string of the molecule is Cc1cccc(-c2cccc(C(C)OC[C@H](O)CNC(C)(C)Cc3ccc(Cl)c(Cl)c3)c2)c1. The van der Waals surface area contributed by atoms with Gasteiger partial charge in [-0.05, 0) is 74.6 Å². The van der Waals surface area contributed by atoms with Crippen molar-refractivity contribution in [1.82, 2.24) is 5.32 Å². The van der Waals surface area contributed by atoms with Gasteiger partial charge in [0.15, 0.2) is 0 Å². The first-order chi connectivity index (χ1) is 15.6. The number of ether oxygens (including phenoxy) is 1. The molecule has 0 aromatic heterocycles. The first kappa shape index (κ1) is 25.7. The molecule has 2 N–H and O–H groups in total. The summed E-state index contributed by atoms with van der Waals surface area (Å²) in [4.78, 5) is 0. The average Bonchev–Trinajstić information content (AvgIpc) is 2.78. The minimum Gasteiger partial charge on any atom is -0.389 e. The quantitative estimate of drug-likeness (QED) is 0.324. The molecule has 0 heterocycles. The Hall–Kier alpha value is -1.88. The zero-order valence-corrected chi connectivity index (χ0v) is 21.3. The summed E-state index contributed by atoms with van der Waals surface area (Å²) in [6, 6.07) is 22.5. The highest BCUT2D eigenvalue weighted by Gasteiger charge is 2.20. The Morgan fingerprint density at radius 2 is 1.64 bits per heavy atom. The normalized spacial score (nSPS) is 13.7. The molecular weight excluding hydrogens is 453 g/mol. The lowest BCUT2D eigenvalue weighted by molar-refractivity contribution is -0.00416. The van der Waals surface area contributed by atoms with Crippen LogP contribution < -0.4 is 5.32 Å². The molecule has 3 rings (SSSR count). The maximum atomic E-state index is 10.5. The predicted molar refractivity (Wildman–Crippen MR) is 139 cm³/mol. The van der Waals surface area contributed by atoms with Crippen molar-refractivity contribution in [3.8, 4) is 11.1 Å². The second-order valence-corrected chi connectivity index (χ2v) is 10.1. The van der Waals surface area contributed by atoms with Crippen molar-refractivity contribution in [2.75, 3.05) is 13.2 Å². The van der Waals surface area contributed by atoms with Gasteiger partial charge in [0, 0.05) is 12.1 Å². The molecule has 1 unspecified atom stereocenters. The van der Waals surface area contributed by atoms with Crippen LogP contribution in [0.3, 0.4) is 0 Å². The second kappa shape index (κ2) is 11.5. The van der Waals surface area contributed by atoms with Crippen LogP contribution in [-0.4, -0.2) is 29.9 Å². The number of aliphatic hydroxyl groups excluding tert-OH is 1. The first-order valence-corrected chi connectivity index (χ1v) is 12.0. The number of benzene rings is 3. The van der Waals surface area contributed by atoms with Gasteiger partial charge in [-0.25, -0.2) is 0 Å². The molecule has 0 radical (unpaired) electrons. The van der Waals surface area contributed by atoms with Gasteiger partial charge in [0.05, 0.1) is 28.9 Å². The van der Waals surface area contributed by atoms with E-state index in [1.165, 1.54) is 11.1 Å². The molecule has 2 atom stereocenters. The maximum absolute atomic E-state index is 10.5. The van der Waals surface area contributed by atoms with Crippen LogP contribution in [0.25, 0.3) is 11.1 Å². The number of hydrogen-bond donors (Lipinski definition) is 2. The Bertz CT molecular complexity index is 1070. The van der Waals surface area contributed by atoms with E-state index in [4.69, 9.17) is 27.9 Å². The van der Waals surface area contributed by atoms with Crippen molar-refractivity contribution in [2.24, 2.45) is 0 Å². The Morgan fingerprint density at radius 3 is 2.33 bits per heavy atom. The van der Waals surface area contributed by atoms with E-state index in [1.54, 1.807) is 0 Å². The van der Waals surface area contributed by atoms with E-state index in [9.17, 15) is 5.11 Å². The van der Waals surface area contributed by atoms with Crippen molar-refractivity contribution in [3.63, 3.8) is 0 Å². The third-order valence-corrected chi connectivity index (χ3v) is 6.43. The van der Waals surface area contributed by atoms with E-state index < -0.39 is 6.10 Å². The summed E-state index contributed by atoms with van der Waals surface area (Å²) in [5, 5.41) is 15.0. The second-order valence-electron chi connectivity index (χ2n) is 9.31. The molecule has 0 aliphatic carbocycles. The summed E-state index contributed by atoms with van der Waals surface area (Å²) in [6.07, 6.45) is 0.0358. The number of hydrogen-bond acceptors (Lipinski definition) is 3. The standard InChI is InChI=1S/C28H33Cl2NO2/c1-19-7-5-9-23(13-19)24-10-6-8-22(15-24)20(2)33-18-25(32)17-31-28(3,4)16-21-11-12-26(29)27(30)14-21/h5-15,20,25,31-32H,16-18H2,1-4H3/t20?,25-/m1/s1. The van der Waals surface area contributed by atoms with Crippen LogP contribution in [-0.2, 0) is 11.2 Å². The lowest BCUT2D eigenvalue weighted by atomic mass is 9.94. The van der Waals surface area contributed by atoms with Crippen molar-refractivity contribution in [2.45, 2.75) is 51.9 Å². The Balaban J connectivity index is 1.50. The summed E-state index contributed by atoms with van der Waals surface area (Å²) in [7, 11) is 0. The Kier molecular flexibility index (Phi) is 8.97. The number of aliphatic hydroxyl groups is 1. The van der Waals surface area contributed by atoms with Crippen molar-refractivity contribution < 1.29 is 9.84 Å². The van der Waals surface area contributed by atoms with Gasteiger partial charge in [-0.15, -0.1) is 0 Å². The van der Waals surface area contributed by atoms with E-state index >= 15 is 0 Å². The van der Waals surface area contributed by atoms with Gasteiger partial charge in [0.2, 0.25) is 0 Å². The van der Waals surface area contributed by atoms with E-state index in [0.717, 1.165) is 23.1 Å². The molecule has 0 aliphatic rings. The first-order valence-electron chi connectivity index (χ1n) is 11.3. The molecular formula is C28H33Cl2NO2. The smallest absolute Gasteiger partial charge is 0.0898 e. The summed E-state index contributed by atoms with van der Waals surface area (Å²) in [6.45, 7) is 9.01. The van der Waals surface area contributed by atoms with Gasteiger partial charge in [-0.2, -0.15) is 0 Å². The van der Waals surface area contributed by atoms with Crippen LogP contribution >= 0.6 is 23.2 Å². The number of halogens is 2. The molecule has 0 saturated heterocycles. The lowest BCUT2D eigenvalue weighted by Gasteiger charge is -2.28. The van der Waals surface area contributed by atoms with Crippen molar-refractivity contribution in [1.29, 1.82) is 0 Å². The zero-order valence-electron chi connectivity index (χ0n) is 19.7. The van der Waals surface area contributed by atoms with Gasteiger partial charge in [0.1, 0.15) is 0 Å². The third-order valence-electron chi connectivity index (χ3n) is 5.69. The molecule has 3 nitrogen and oxygen atoms in total. The number of rotatable bonds is 10. The summed E-state index contributed by atoms with van der Waals surface area (Å²) < 4.78 is 5.99. The number of nitrogens with one attached hydrogen (secondary N) is 1. The number of aryl methyl sites for hydroxylation is 1. The van der Waals surface area contributed by atoms with Crippen LogP contribution in [0, 0.1) is 6.92 Å². The van der Waals surface area contributed by atoms with Crippen LogP contribution in [0.1, 0.15) is 43.6 Å². The van der Waals surface area contributed by atoms with Crippen LogP contribution in [0.5, 0.6) is 0 Å². The molecule has 3 aromatic rings. The predicted octanol–water partition coefficient (Wildman–Crippen LogP) is 7.02. The molecule has 3 aromatic carbocycles. The third kappa shape index (κ3) is 7.84. The van der Waals surface area contributed by atoms with E-state index in [-0.39, 0.29) is 18.2 Å². The van der Waals surface area contributed by atoms with Crippen molar-refractivity contribution >= 4 is 23.2 Å². The van der Waals surface area contributed by atoms with Crippen molar-refractivity contribution in [3.05, 3.63) is 93.5 Å². The molecule has 0 spiro atoms. The van der Waals surface area contributed by atoms with Crippen LogP contribution in [0.2, 0.25) is 10.0 Å². The molecule has 0 aliphatic heterocycles. The molecule has 0 amide bonds. The van der Waals surface area contributed by atoms with E-state index in [1.807, 2.05) is 25.1 Å². The van der Waals surface area contributed by atoms with E-state index in [2.05, 4.69) is 74.6 Å². The van der Waals surface area contributed by atoms with Crippen LogP contribution in [0.15, 0.2) is 66.7 Å². The maximum Gasteiger partial charge on any atom is 0.0898 e. The topological polar surface area (TPSA) is 41.5 Å². The average molecular weight is 486 g/mol. The molecule has 0 bridgehead atoms. The Morgan fingerprint density at radius 1 is 0.939 bits per heavy atom. The minimum atomic E-state index is -0.611. The highest BCUT2D eigenvalue weighted by atomic mass is 35.5. The summed E-state index contributed by atoms with van der Waals surface area (Å²) >= 11 is 12.1. The molecule has 0 fully saturated rings. The highest BCUT2D eigenvalue weighted by molar-refractivity contribution is 6.42. The minimum absolute atomic E-state index is 0.117. The number of β-amino-alcohol motifs (C(OH)–C–C–N with tert-alkyl or cyclic N) is 1. The largest absolute Gasteiger partial charge is 0.389 e. The fraction of sp³-hybridized carbons (Fsp3) is 0.357. The monoisotopic (exact) mass is 485 g/mol. The summed E-state index contributed by atoms with van der Waals surface area (Å²) in [5.41, 5.74) is 5.56. The highest BCUT2D eigenvalue weighted by Crippen LogP contribution is 2.26. The molecule has 0 saturated carbocycles. The van der Waals surface area contributed by atoms with E-state index in [0.29, 0.717) is 16.6 Å². The zero-order chi connectivity index (χ0) is 24.0. The lowest BCUT2D eigenvalue weighted by Crippen LogP contribution is -2.46. The van der Waals surface area contributed by atoms with Gasteiger partial charge < -0.3 is 15.2 Å². The molecule has 176 valence electrons. The fourth-order valence-electron chi connectivity index (χ4n) is 3.82. The van der Waals surface area contributed by atoms with Gasteiger partial charge in [0.25, 0.3) is 0 Å². The van der Waals surface area contributed by atoms with Crippen LogP contribution in [0.4, 0.5) is 0 Å². The molecule has 33 heavy (non-hydrogen) atoms. The van der Waals surface area contributed by atoms with Gasteiger partial charge in [-0.3, -0.25) is 0 Å². The van der Waals surface area contributed by atoms with Gasteiger partial charge in [-0.1, -0.05) is 77.3 Å². The Labute approximate surface area is 207 Å². The van der Waals surface area contributed by atoms with Gasteiger partial charge >= 0.3 is 0 Å². The fourth-order valence-corrected chi connectivity index (χ4v) is 4.14. The molecule has 5 heteroatoms.